The molecule has 0 aromatic heterocycles. The normalized spacial score (nSPS) is 11.8. The largest absolute Gasteiger partial charge is 0.355 e. The molecule has 156 valence electrons. The highest BCUT2D eigenvalue weighted by Crippen LogP contribution is 2.27. The fourth-order valence-corrected chi connectivity index (χ4v) is 3.84. The van der Waals surface area contributed by atoms with Crippen molar-refractivity contribution in [3.05, 3.63) is 68.7 Å². The number of hydrogen-bond donors (Lipinski definition) is 1. The molecule has 0 saturated heterocycles. The van der Waals surface area contributed by atoms with E-state index in [4.69, 9.17) is 23.2 Å². The lowest BCUT2D eigenvalue weighted by molar-refractivity contribution is -0.140. The Bertz CT molecular complexity index is 863. The third-order valence-electron chi connectivity index (χ3n) is 4.97. The van der Waals surface area contributed by atoms with Crippen LogP contribution in [0.1, 0.15) is 42.5 Å². The van der Waals surface area contributed by atoms with E-state index in [1.54, 1.807) is 23.1 Å². The minimum absolute atomic E-state index is 0.132. The monoisotopic (exact) mass is 434 g/mol. The molecule has 2 aromatic carbocycles. The number of amides is 2. The topological polar surface area (TPSA) is 49.4 Å². The Labute approximate surface area is 183 Å². The Morgan fingerprint density at radius 1 is 1.07 bits per heavy atom. The highest BCUT2D eigenvalue weighted by molar-refractivity contribution is 6.36. The van der Waals surface area contributed by atoms with Gasteiger partial charge in [-0.05, 0) is 50.5 Å². The molecule has 0 aliphatic carbocycles. The predicted octanol–water partition coefficient (Wildman–Crippen LogP) is 5.10. The molecule has 0 aliphatic rings. The van der Waals surface area contributed by atoms with Gasteiger partial charge in [-0.15, -0.1) is 0 Å². The summed E-state index contributed by atoms with van der Waals surface area (Å²) in [5, 5.41) is 3.79. The van der Waals surface area contributed by atoms with Crippen LogP contribution in [-0.2, 0) is 22.6 Å². The summed E-state index contributed by atoms with van der Waals surface area (Å²) in [4.78, 5) is 27.7. The van der Waals surface area contributed by atoms with E-state index in [1.165, 1.54) is 0 Å². The lowest BCUT2D eigenvalue weighted by Crippen LogP contribution is -2.49. The van der Waals surface area contributed by atoms with Gasteiger partial charge in [0.1, 0.15) is 6.04 Å². The number of benzene rings is 2. The van der Waals surface area contributed by atoms with E-state index in [1.807, 2.05) is 45.9 Å². The summed E-state index contributed by atoms with van der Waals surface area (Å²) in [5.74, 6) is -0.305. The Balaban J connectivity index is 2.40. The number of nitrogens with zero attached hydrogens (tertiary/aromatic N) is 1. The van der Waals surface area contributed by atoms with Gasteiger partial charge in [0.05, 0.1) is 6.42 Å². The van der Waals surface area contributed by atoms with Crippen LogP contribution < -0.4 is 5.32 Å². The molecular weight excluding hydrogens is 407 g/mol. The Kier molecular flexibility index (Phi) is 8.54. The van der Waals surface area contributed by atoms with E-state index in [-0.39, 0.29) is 24.8 Å². The predicted molar refractivity (Wildman–Crippen MR) is 119 cm³/mol. The van der Waals surface area contributed by atoms with Gasteiger partial charge < -0.3 is 10.2 Å². The van der Waals surface area contributed by atoms with Gasteiger partial charge in [0.2, 0.25) is 11.8 Å². The van der Waals surface area contributed by atoms with E-state index >= 15 is 0 Å². The van der Waals surface area contributed by atoms with Crippen molar-refractivity contribution in [3.8, 4) is 0 Å². The molecule has 0 fully saturated rings. The van der Waals surface area contributed by atoms with E-state index in [0.717, 1.165) is 16.7 Å². The molecule has 1 atom stereocenters. The van der Waals surface area contributed by atoms with Crippen LogP contribution in [0.3, 0.4) is 0 Å². The van der Waals surface area contributed by atoms with Gasteiger partial charge in [-0.1, -0.05) is 60.0 Å². The highest BCUT2D eigenvalue weighted by atomic mass is 35.5. The van der Waals surface area contributed by atoms with Crippen LogP contribution in [0.5, 0.6) is 0 Å². The Hall–Kier alpha value is -2.04. The first-order valence-electron chi connectivity index (χ1n) is 9.84. The summed E-state index contributed by atoms with van der Waals surface area (Å²) in [6.45, 7) is 8.42. The van der Waals surface area contributed by atoms with Crippen molar-refractivity contribution in [3.63, 3.8) is 0 Å². The van der Waals surface area contributed by atoms with Crippen molar-refractivity contribution in [1.29, 1.82) is 0 Å². The second-order valence-electron chi connectivity index (χ2n) is 7.15. The zero-order valence-electron chi connectivity index (χ0n) is 17.4. The number of carbonyl (C=O) groups excluding carboxylic acids is 2. The molecule has 0 unspecified atom stereocenters. The van der Waals surface area contributed by atoms with Crippen LogP contribution in [0.4, 0.5) is 0 Å². The van der Waals surface area contributed by atoms with E-state index in [0.29, 0.717) is 28.6 Å². The number of hydrogen-bond acceptors (Lipinski definition) is 2. The van der Waals surface area contributed by atoms with E-state index in [9.17, 15) is 9.59 Å². The van der Waals surface area contributed by atoms with Crippen molar-refractivity contribution < 1.29 is 9.59 Å². The number of nitrogens with one attached hydrogen (secondary N) is 1. The molecule has 2 rings (SSSR count). The number of aryl methyl sites for hydroxylation is 2. The van der Waals surface area contributed by atoms with Gasteiger partial charge in [0.25, 0.3) is 0 Å². The molecule has 1 N–H and O–H groups in total. The summed E-state index contributed by atoms with van der Waals surface area (Å²) in [6, 6.07) is 10.7. The van der Waals surface area contributed by atoms with Gasteiger partial charge in [0, 0.05) is 28.7 Å². The first-order chi connectivity index (χ1) is 13.8. The smallest absolute Gasteiger partial charge is 0.242 e. The molecule has 4 nitrogen and oxygen atoms in total. The molecule has 2 amide bonds. The maximum atomic E-state index is 13.4. The second kappa shape index (κ2) is 10.7. The summed E-state index contributed by atoms with van der Waals surface area (Å²) in [5.41, 5.74) is 3.74. The third-order valence-corrected chi connectivity index (χ3v) is 5.68. The van der Waals surface area contributed by atoms with Gasteiger partial charge >= 0.3 is 0 Å². The maximum absolute atomic E-state index is 13.4. The van der Waals surface area contributed by atoms with E-state index in [2.05, 4.69) is 5.32 Å². The van der Waals surface area contributed by atoms with Gasteiger partial charge in [-0.25, -0.2) is 0 Å². The van der Waals surface area contributed by atoms with Crippen LogP contribution in [-0.4, -0.2) is 29.3 Å². The third kappa shape index (κ3) is 5.97. The molecule has 2 aromatic rings. The molecular formula is C23H28Cl2N2O2. The molecule has 0 saturated carbocycles. The molecule has 0 spiro atoms. The highest BCUT2D eigenvalue weighted by Gasteiger charge is 2.29. The summed E-state index contributed by atoms with van der Waals surface area (Å²) in [6.07, 6.45) is 0.706. The summed E-state index contributed by atoms with van der Waals surface area (Å²) in [7, 11) is 0. The van der Waals surface area contributed by atoms with Crippen molar-refractivity contribution >= 4 is 35.0 Å². The van der Waals surface area contributed by atoms with Crippen molar-refractivity contribution in [2.75, 3.05) is 6.54 Å². The SMILES string of the molecule is CCNC(=O)[C@@H](CC)N(Cc1c(Cl)cccc1Cl)C(=O)Cc1cc(C)ccc1C. The standard InChI is InChI=1S/C23H28Cl2N2O2/c1-5-21(23(29)26-6-2)27(14-18-19(24)8-7-9-20(18)25)22(28)13-17-12-15(3)10-11-16(17)4/h7-12,21H,5-6,13-14H2,1-4H3,(H,26,29)/t21-/m1/s1. The number of rotatable bonds is 8. The van der Waals surface area contributed by atoms with Crippen LogP contribution >= 0.6 is 23.2 Å². The molecule has 29 heavy (non-hydrogen) atoms. The fraction of sp³-hybridized carbons (Fsp3) is 0.391. The maximum Gasteiger partial charge on any atom is 0.242 e. The first kappa shape index (κ1) is 23.2. The second-order valence-corrected chi connectivity index (χ2v) is 7.96. The number of likely N-dealkylation sites (N-methyl/N-ethyl adjacent to an activating group) is 1. The van der Waals surface area contributed by atoms with Gasteiger partial charge in [-0.2, -0.15) is 0 Å². The molecule has 6 heteroatoms. The Morgan fingerprint density at radius 2 is 1.72 bits per heavy atom. The lowest BCUT2D eigenvalue weighted by atomic mass is 10.0. The minimum atomic E-state index is -0.597. The zero-order valence-corrected chi connectivity index (χ0v) is 18.9. The average Bonchev–Trinajstić information content (AvgIpc) is 2.67. The quantitative estimate of drug-likeness (QED) is 0.628. The molecule has 0 aliphatic heterocycles. The first-order valence-corrected chi connectivity index (χ1v) is 10.6. The van der Waals surface area contributed by atoms with Crippen LogP contribution in [0, 0.1) is 13.8 Å². The van der Waals surface area contributed by atoms with Gasteiger partial charge in [0.15, 0.2) is 0 Å². The fourth-order valence-electron chi connectivity index (χ4n) is 3.32. The molecule has 0 radical (unpaired) electrons. The van der Waals surface area contributed by atoms with E-state index < -0.39 is 6.04 Å². The minimum Gasteiger partial charge on any atom is -0.355 e. The summed E-state index contributed by atoms with van der Waals surface area (Å²) < 4.78 is 0. The number of carbonyl (C=O) groups is 2. The van der Waals surface area contributed by atoms with Crippen molar-refractivity contribution in [2.45, 2.75) is 53.1 Å². The van der Waals surface area contributed by atoms with Crippen molar-refractivity contribution in [1.82, 2.24) is 10.2 Å². The van der Waals surface area contributed by atoms with Gasteiger partial charge in [-0.3, -0.25) is 9.59 Å². The van der Waals surface area contributed by atoms with Crippen LogP contribution in [0.15, 0.2) is 36.4 Å². The average molecular weight is 435 g/mol. The molecule has 0 bridgehead atoms. The zero-order chi connectivity index (χ0) is 21.6. The lowest BCUT2D eigenvalue weighted by Gasteiger charge is -2.31. The molecule has 0 heterocycles. The Morgan fingerprint density at radius 3 is 2.31 bits per heavy atom. The van der Waals surface area contributed by atoms with Crippen molar-refractivity contribution in [2.24, 2.45) is 0 Å². The van der Waals surface area contributed by atoms with Crippen LogP contribution in [0.25, 0.3) is 0 Å². The summed E-state index contributed by atoms with van der Waals surface area (Å²) >= 11 is 12.7. The number of halogens is 2. The van der Waals surface area contributed by atoms with Crippen LogP contribution in [0.2, 0.25) is 10.0 Å².